The van der Waals surface area contributed by atoms with E-state index in [0.29, 0.717) is 22.2 Å². The van der Waals surface area contributed by atoms with Crippen molar-refractivity contribution in [3.63, 3.8) is 0 Å². The van der Waals surface area contributed by atoms with Crippen LogP contribution in [0.1, 0.15) is 23.4 Å². The Hall–Kier alpha value is -2.64. The molecule has 0 aliphatic carbocycles. The van der Waals surface area contributed by atoms with Gasteiger partial charge in [0.15, 0.2) is 5.75 Å². The van der Waals surface area contributed by atoms with Gasteiger partial charge in [-0.15, -0.1) is 0 Å². The van der Waals surface area contributed by atoms with Crippen LogP contribution in [0.25, 0.3) is 10.9 Å². The Balaban J connectivity index is 1.90. The van der Waals surface area contributed by atoms with Gasteiger partial charge < -0.3 is 14.5 Å². The predicted molar refractivity (Wildman–Crippen MR) is 98.7 cm³/mol. The summed E-state index contributed by atoms with van der Waals surface area (Å²) in [4.78, 5) is 2.96. The maximum Gasteiger partial charge on any atom is 0.446 e. The number of hydrogen-bond acceptors (Lipinski definition) is 7. The molecule has 28 heavy (non-hydrogen) atoms. The van der Waals surface area contributed by atoms with E-state index in [1.165, 1.54) is 0 Å². The fourth-order valence-corrected chi connectivity index (χ4v) is 4.18. The highest BCUT2D eigenvalue weighted by Crippen LogP contribution is 2.48. The van der Waals surface area contributed by atoms with Crippen LogP contribution in [-0.2, 0) is 25.0 Å². The lowest BCUT2D eigenvalue weighted by Gasteiger charge is -2.19. The third-order valence-electron chi connectivity index (χ3n) is 4.29. The number of anilines is 1. The van der Waals surface area contributed by atoms with Gasteiger partial charge in [0.2, 0.25) is 0 Å². The van der Waals surface area contributed by atoms with Crippen LogP contribution in [-0.4, -0.2) is 30.9 Å². The number of rotatable bonds is 5. The van der Waals surface area contributed by atoms with Crippen molar-refractivity contribution in [2.75, 3.05) is 5.32 Å². The van der Waals surface area contributed by atoms with Gasteiger partial charge in [0, 0.05) is 22.2 Å². The lowest BCUT2D eigenvalue weighted by molar-refractivity contribution is 0.171. The summed E-state index contributed by atoms with van der Waals surface area (Å²) in [5.41, 5.74) is 1.56. The molecule has 2 aromatic carbocycles. The van der Waals surface area contributed by atoms with E-state index in [-0.39, 0.29) is 11.4 Å². The third kappa shape index (κ3) is 3.55. The highest BCUT2D eigenvalue weighted by Gasteiger charge is 2.40. The molecular formula is C16H14N2O8S2. The van der Waals surface area contributed by atoms with Crippen molar-refractivity contribution in [1.82, 2.24) is 4.98 Å². The molecule has 1 aliphatic heterocycles. The highest BCUT2D eigenvalue weighted by atomic mass is 32.3. The monoisotopic (exact) mass is 426 g/mol. The third-order valence-corrected chi connectivity index (χ3v) is 5.12. The zero-order valence-corrected chi connectivity index (χ0v) is 15.6. The van der Waals surface area contributed by atoms with E-state index >= 15 is 0 Å². The molecule has 0 fully saturated rings. The molecule has 0 saturated carbocycles. The van der Waals surface area contributed by atoms with Gasteiger partial charge in [-0.2, -0.15) is 16.8 Å². The highest BCUT2D eigenvalue weighted by molar-refractivity contribution is 7.81. The van der Waals surface area contributed by atoms with E-state index in [4.69, 9.17) is 8.37 Å². The molecule has 0 bridgehead atoms. The first-order valence-electron chi connectivity index (χ1n) is 7.91. The first-order chi connectivity index (χ1) is 13.1. The molecule has 148 valence electrons. The van der Waals surface area contributed by atoms with Crippen LogP contribution in [0.3, 0.4) is 0 Å². The Morgan fingerprint density at radius 2 is 1.57 bits per heavy atom. The quantitative estimate of drug-likeness (QED) is 0.450. The van der Waals surface area contributed by atoms with Crippen molar-refractivity contribution in [2.24, 2.45) is 0 Å². The van der Waals surface area contributed by atoms with Crippen LogP contribution in [0, 0.1) is 0 Å². The number of fused-ring (bicyclic) bond motifs is 2. The van der Waals surface area contributed by atoms with Crippen molar-refractivity contribution in [1.29, 1.82) is 0 Å². The summed E-state index contributed by atoms with van der Waals surface area (Å²) < 4.78 is 73.5. The Morgan fingerprint density at radius 3 is 2.29 bits per heavy atom. The van der Waals surface area contributed by atoms with E-state index in [1.54, 1.807) is 48.5 Å². The average Bonchev–Trinajstić information content (AvgIpc) is 3.11. The Labute approximate surface area is 160 Å². The minimum absolute atomic E-state index is 0.115. The van der Waals surface area contributed by atoms with Gasteiger partial charge in [-0.3, -0.25) is 9.11 Å². The molecule has 12 heteroatoms. The minimum atomic E-state index is -4.87. The molecule has 4 rings (SSSR count). The predicted octanol–water partition coefficient (Wildman–Crippen LogP) is 2.38. The number of nitrogens with one attached hydrogen (secondary N) is 2. The fraction of sp³-hybridized carbons (Fsp3) is 0.125. The van der Waals surface area contributed by atoms with Gasteiger partial charge in [0.1, 0.15) is 12.1 Å². The number of hydrogen-bond donors (Lipinski definition) is 4. The lowest BCUT2D eigenvalue weighted by atomic mass is 10.0. The second-order valence-electron chi connectivity index (χ2n) is 6.08. The number of H-pyrrole nitrogens is 1. The van der Waals surface area contributed by atoms with Crippen LogP contribution in [0.15, 0.2) is 48.5 Å². The van der Waals surface area contributed by atoms with Crippen molar-refractivity contribution >= 4 is 37.4 Å². The van der Waals surface area contributed by atoms with E-state index in [0.717, 1.165) is 0 Å². The molecule has 1 aliphatic rings. The molecule has 0 spiro atoms. The van der Waals surface area contributed by atoms with Crippen molar-refractivity contribution in [2.45, 2.75) is 12.1 Å². The topological polar surface area (TPSA) is 155 Å². The number of benzene rings is 2. The molecule has 0 saturated heterocycles. The number of para-hydroxylation sites is 2. The first kappa shape index (κ1) is 18.7. The molecule has 0 amide bonds. The van der Waals surface area contributed by atoms with E-state index in [2.05, 4.69) is 10.3 Å². The first-order valence-corrected chi connectivity index (χ1v) is 10.6. The summed E-state index contributed by atoms with van der Waals surface area (Å²) in [6.45, 7) is 0. The summed E-state index contributed by atoms with van der Waals surface area (Å²) in [6, 6.07) is 12.2. The summed E-state index contributed by atoms with van der Waals surface area (Å²) >= 11 is 0. The van der Waals surface area contributed by atoms with Gasteiger partial charge in [-0.25, -0.2) is 4.18 Å². The summed E-state index contributed by atoms with van der Waals surface area (Å²) in [5, 5.41) is 3.37. The second kappa shape index (κ2) is 6.46. The zero-order chi connectivity index (χ0) is 20.1. The van der Waals surface area contributed by atoms with Gasteiger partial charge in [-0.05, 0) is 18.2 Å². The maximum absolute atomic E-state index is 11.4. The van der Waals surface area contributed by atoms with E-state index in [1.807, 2.05) is 0 Å². The maximum atomic E-state index is 11.4. The largest absolute Gasteiger partial charge is 0.446 e. The molecular weight excluding hydrogens is 412 g/mol. The Kier molecular flexibility index (Phi) is 4.32. The summed E-state index contributed by atoms with van der Waals surface area (Å²) in [6.07, 6.45) is -1.22. The molecule has 3 aromatic rings. The molecule has 4 N–H and O–H groups in total. The fourth-order valence-electron chi connectivity index (χ4n) is 3.31. The van der Waals surface area contributed by atoms with E-state index in [9.17, 15) is 25.9 Å². The SMILES string of the molecule is O=S(=O)(O)Oc1c(C2Nc3ccccc3C2OS(=O)(=O)O)[nH]c2ccccc12. The molecule has 2 heterocycles. The molecule has 0 radical (unpaired) electrons. The van der Waals surface area contributed by atoms with Gasteiger partial charge in [0.25, 0.3) is 0 Å². The van der Waals surface area contributed by atoms with Crippen molar-refractivity contribution in [3.8, 4) is 5.75 Å². The Bertz CT molecular complexity index is 1270. The second-order valence-corrected chi connectivity index (χ2v) is 8.15. The average molecular weight is 426 g/mol. The molecule has 1 aromatic heterocycles. The lowest BCUT2D eigenvalue weighted by Crippen LogP contribution is -2.19. The van der Waals surface area contributed by atoms with Gasteiger partial charge >= 0.3 is 20.8 Å². The van der Waals surface area contributed by atoms with Crippen LogP contribution in [0.5, 0.6) is 5.75 Å². The summed E-state index contributed by atoms with van der Waals surface area (Å²) in [5.74, 6) is -0.215. The van der Waals surface area contributed by atoms with Gasteiger partial charge in [-0.1, -0.05) is 30.3 Å². The minimum Gasteiger partial charge on any atom is -0.374 e. The van der Waals surface area contributed by atoms with Crippen molar-refractivity contribution in [3.05, 3.63) is 59.8 Å². The van der Waals surface area contributed by atoms with E-state index < -0.39 is 32.9 Å². The number of aromatic nitrogens is 1. The van der Waals surface area contributed by atoms with Crippen LogP contribution < -0.4 is 9.50 Å². The van der Waals surface area contributed by atoms with Crippen LogP contribution in [0.4, 0.5) is 5.69 Å². The standard InChI is InChI=1S/C16H14N2O8S2/c19-27(20,21)25-15-9-5-1-3-7-11(9)17-13(15)14-16(26-28(22,23)24)10-6-2-4-8-12(10)18-14/h1-8,13,15,17-18H,(H,19,20,21)(H,22,23,24). The molecule has 2 unspecified atom stereocenters. The number of aromatic amines is 1. The van der Waals surface area contributed by atoms with Crippen LogP contribution in [0.2, 0.25) is 0 Å². The molecule has 10 nitrogen and oxygen atoms in total. The smallest absolute Gasteiger partial charge is 0.374 e. The van der Waals surface area contributed by atoms with Crippen molar-refractivity contribution < 1.29 is 34.3 Å². The normalized spacial score (nSPS) is 19.4. The Morgan fingerprint density at radius 1 is 0.893 bits per heavy atom. The van der Waals surface area contributed by atoms with Gasteiger partial charge in [0.05, 0.1) is 5.69 Å². The molecule has 2 atom stereocenters. The zero-order valence-electron chi connectivity index (χ0n) is 13.9. The summed E-state index contributed by atoms with van der Waals surface area (Å²) in [7, 11) is -9.70. The van der Waals surface area contributed by atoms with Crippen LogP contribution >= 0.6 is 0 Å².